The van der Waals surface area contributed by atoms with E-state index in [9.17, 15) is 14.9 Å². The highest BCUT2D eigenvalue weighted by Crippen LogP contribution is 2.21. The number of benzene rings is 1. The van der Waals surface area contributed by atoms with E-state index in [-0.39, 0.29) is 16.9 Å². The van der Waals surface area contributed by atoms with Gasteiger partial charge in [-0.25, -0.2) is 0 Å². The fourth-order valence-electron chi connectivity index (χ4n) is 1.86. The Kier molecular flexibility index (Phi) is 3.84. The molecule has 0 bridgehead atoms. The average Bonchev–Trinajstić information content (AvgIpc) is 2.42. The fraction of sp³-hybridized carbons (Fsp3) is 0.143. The van der Waals surface area contributed by atoms with E-state index in [4.69, 9.17) is 5.73 Å². The molecule has 0 fully saturated rings. The van der Waals surface area contributed by atoms with Crippen LogP contribution in [-0.4, -0.2) is 15.8 Å². The molecule has 21 heavy (non-hydrogen) atoms. The number of carbonyl (C=O) groups excluding carboxylic acids is 1. The molecule has 1 amide bonds. The Bertz CT molecular complexity index is 728. The Morgan fingerprint density at radius 2 is 2.00 bits per heavy atom. The van der Waals surface area contributed by atoms with Crippen molar-refractivity contribution in [3.63, 3.8) is 0 Å². The van der Waals surface area contributed by atoms with Gasteiger partial charge in [-0.15, -0.1) is 0 Å². The first-order valence-corrected chi connectivity index (χ1v) is 6.18. The van der Waals surface area contributed by atoms with E-state index in [0.29, 0.717) is 11.4 Å². The van der Waals surface area contributed by atoms with Gasteiger partial charge in [-0.2, -0.15) is 0 Å². The molecular weight excluding hydrogens is 272 g/mol. The van der Waals surface area contributed by atoms with E-state index < -0.39 is 10.8 Å². The predicted molar refractivity (Wildman–Crippen MR) is 79.2 cm³/mol. The molecule has 0 spiro atoms. The average molecular weight is 286 g/mol. The number of aryl methyl sites for hydroxylation is 2. The summed E-state index contributed by atoms with van der Waals surface area (Å²) in [5, 5.41) is 13.4. The number of hydrogen-bond acceptors (Lipinski definition) is 5. The van der Waals surface area contributed by atoms with Crippen molar-refractivity contribution in [2.45, 2.75) is 13.8 Å². The lowest BCUT2D eigenvalue weighted by Crippen LogP contribution is -2.15. The van der Waals surface area contributed by atoms with Gasteiger partial charge in [0.15, 0.2) is 0 Å². The first-order valence-electron chi connectivity index (χ1n) is 6.18. The molecule has 0 unspecified atom stereocenters. The van der Waals surface area contributed by atoms with Crippen LogP contribution in [-0.2, 0) is 0 Å². The number of nitrogen functional groups attached to an aromatic ring is 1. The number of nitrogens with zero attached hydrogens (tertiary/aromatic N) is 2. The van der Waals surface area contributed by atoms with Crippen molar-refractivity contribution < 1.29 is 9.72 Å². The SMILES string of the molecule is Cc1ccc(NC(=O)c2cc([N+](=O)[O-])ccc2N)c(C)n1. The molecule has 7 nitrogen and oxygen atoms in total. The molecule has 0 radical (unpaired) electrons. The number of carbonyl (C=O) groups is 1. The molecule has 0 aliphatic heterocycles. The molecule has 0 saturated heterocycles. The van der Waals surface area contributed by atoms with Gasteiger partial charge in [-0.1, -0.05) is 0 Å². The van der Waals surface area contributed by atoms with Crippen molar-refractivity contribution >= 4 is 23.0 Å². The van der Waals surface area contributed by atoms with Crippen LogP contribution in [0.1, 0.15) is 21.7 Å². The summed E-state index contributed by atoms with van der Waals surface area (Å²) in [5.41, 5.74) is 7.79. The van der Waals surface area contributed by atoms with Crippen molar-refractivity contribution in [3.05, 3.63) is 57.4 Å². The topological polar surface area (TPSA) is 111 Å². The first-order chi connectivity index (χ1) is 9.88. The van der Waals surface area contributed by atoms with Gasteiger partial charge in [0.25, 0.3) is 11.6 Å². The minimum atomic E-state index is -0.575. The number of nitro benzene ring substituents is 1. The molecule has 0 aliphatic rings. The lowest BCUT2D eigenvalue weighted by Gasteiger charge is -2.09. The predicted octanol–water partition coefficient (Wildman–Crippen LogP) is 2.44. The quantitative estimate of drug-likeness (QED) is 0.511. The molecule has 7 heteroatoms. The van der Waals surface area contributed by atoms with Crippen LogP contribution in [0.15, 0.2) is 30.3 Å². The molecule has 0 aliphatic carbocycles. The summed E-state index contributed by atoms with van der Waals surface area (Å²) in [6, 6.07) is 7.24. The van der Waals surface area contributed by atoms with Crippen LogP contribution in [0.5, 0.6) is 0 Å². The second-order valence-corrected chi connectivity index (χ2v) is 4.57. The van der Waals surface area contributed by atoms with E-state index in [2.05, 4.69) is 10.3 Å². The highest BCUT2D eigenvalue weighted by molar-refractivity contribution is 6.08. The van der Waals surface area contributed by atoms with Gasteiger partial charge in [-0.05, 0) is 32.0 Å². The van der Waals surface area contributed by atoms with Crippen LogP contribution in [0, 0.1) is 24.0 Å². The van der Waals surface area contributed by atoms with Gasteiger partial charge in [0, 0.05) is 23.5 Å². The first kappa shape index (κ1) is 14.4. The van der Waals surface area contributed by atoms with Crippen LogP contribution in [0.25, 0.3) is 0 Å². The third-order valence-corrected chi connectivity index (χ3v) is 2.97. The van der Waals surface area contributed by atoms with Gasteiger partial charge in [0.05, 0.1) is 21.9 Å². The molecule has 1 heterocycles. The Hall–Kier alpha value is -2.96. The molecule has 0 saturated carbocycles. The summed E-state index contributed by atoms with van der Waals surface area (Å²) >= 11 is 0. The second kappa shape index (κ2) is 5.58. The largest absolute Gasteiger partial charge is 0.398 e. The van der Waals surface area contributed by atoms with Gasteiger partial charge >= 0.3 is 0 Å². The molecule has 108 valence electrons. The normalized spacial score (nSPS) is 10.2. The van der Waals surface area contributed by atoms with E-state index >= 15 is 0 Å². The Morgan fingerprint density at radius 3 is 2.62 bits per heavy atom. The lowest BCUT2D eigenvalue weighted by molar-refractivity contribution is -0.384. The number of anilines is 2. The number of rotatable bonds is 3. The Balaban J connectivity index is 2.32. The van der Waals surface area contributed by atoms with E-state index in [0.717, 1.165) is 11.8 Å². The zero-order chi connectivity index (χ0) is 15.6. The van der Waals surface area contributed by atoms with E-state index in [1.165, 1.54) is 12.1 Å². The molecule has 3 N–H and O–H groups in total. The summed E-state index contributed by atoms with van der Waals surface area (Å²) in [5.74, 6) is -0.509. The maximum Gasteiger partial charge on any atom is 0.270 e. The van der Waals surface area contributed by atoms with Gasteiger partial charge in [0.1, 0.15) is 0 Å². The number of non-ortho nitro benzene ring substituents is 1. The summed E-state index contributed by atoms with van der Waals surface area (Å²) < 4.78 is 0. The van der Waals surface area contributed by atoms with Crippen molar-refractivity contribution in [3.8, 4) is 0 Å². The number of pyridine rings is 1. The standard InChI is InChI=1S/C14H14N4O3/c1-8-3-6-13(9(2)16-8)17-14(19)11-7-10(18(20)21)4-5-12(11)15/h3-7H,15H2,1-2H3,(H,17,19). The van der Waals surface area contributed by atoms with Crippen LogP contribution < -0.4 is 11.1 Å². The molecular formula is C14H14N4O3. The zero-order valence-electron chi connectivity index (χ0n) is 11.6. The summed E-state index contributed by atoms with van der Waals surface area (Å²) in [7, 11) is 0. The monoisotopic (exact) mass is 286 g/mol. The van der Waals surface area contributed by atoms with Crippen molar-refractivity contribution in [2.75, 3.05) is 11.1 Å². The highest BCUT2D eigenvalue weighted by atomic mass is 16.6. The summed E-state index contributed by atoms with van der Waals surface area (Å²) in [6.45, 7) is 3.61. The zero-order valence-corrected chi connectivity index (χ0v) is 11.6. The second-order valence-electron chi connectivity index (χ2n) is 4.57. The van der Waals surface area contributed by atoms with Crippen LogP contribution in [0.2, 0.25) is 0 Å². The molecule has 1 aromatic heterocycles. The molecule has 2 rings (SSSR count). The van der Waals surface area contributed by atoms with Crippen molar-refractivity contribution in [1.29, 1.82) is 0 Å². The Morgan fingerprint density at radius 1 is 1.29 bits per heavy atom. The third kappa shape index (κ3) is 3.14. The lowest BCUT2D eigenvalue weighted by atomic mass is 10.1. The van der Waals surface area contributed by atoms with Gasteiger partial charge < -0.3 is 11.1 Å². The number of hydrogen-bond donors (Lipinski definition) is 2. The van der Waals surface area contributed by atoms with Crippen molar-refractivity contribution in [2.24, 2.45) is 0 Å². The number of nitro groups is 1. The fourth-order valence-corrected chi connectivity index (χ4v) is 1.86. The van der Waals surface area contributed by atoms with E-state index in [1.54, 1.807) is 19.1 Å². The number of aromatic nitrogens is 1. The molecule has 1 aromatic carbocycles. The third-order valence-electron chi connectivity index (χ3n) is 2.97. The minimum absolute atomic E-state index is 0.0594. The van der Waals surface area contributed by atoms with Crippen LogP contribution in [0.4, 0.5) is 17.1 Å². The molecule has 2 aromatic rings. The van der Waals surface area contributed by atoms with Crippen LogP contribution in [0.3, 0.4) is 0 Å². The smallest absolute Gasteiger partial charge is 0.270 e. The number of amides is 1. The summed E-state index contributed by atoms with van der Waals surface area (Å²) in [4.78, 5) is 26.6. The van der Waals surface area contributed by atoms with Crippen LogP contribution >= 0.6 is 0 Å². The maximum absolute atomic E-state index is 12.2. The highest BCUT2D eigenvalue weighted by Gasteiger charge is 2.16. The Labute approximate surface area is 121 Å². The summed E-state index contributed by atoms with van der Waals surface area (Å²) in [6.07, 6.45) is 0. The van der Waals surface area contributed by atoms with Gasteiger partial charge in [0.2, 0.25) is 0 Å². The van der Waals surface area contributed by atoms with Crippen molar-refractivity contribution in [1.82, 2.24) is 4.98 Å². The maximum atomic E-state index is 12.2. The molecule has 0 atom stereocenters. The number of nitrogens with one attached hydrogen (secondary N) is 1. The van der Waals surface area contributed by atoms with Gasteiger partial charge in [-0.3, -0.25) is 19.9 Å². The number of nitrogens with two attached hydrogens (primary N) is 1. The van der Waals surface area contributed by atoms with E-state index in [1.807, 2.05) is 6.92 Å². The minimum Gasteiger partial charge on any atom is -0.398 e.